The number of nitrogens with zero attached hydrogens (tertiary/aromatic N) is 4. The van der Waals surface area contributed by atoms with Crippen molar-refractivity contribution in [3.05, 3.63) is 42.0 Å². The predicted octanol–water partition coefficient (Wildman–Crippen LogP) is 2.04. The Morgan fingerprint density at radius 1 is 1.22 bits per heavy atom. The molecule has 0 aliphatic carbocycles. The van der Waals surface area contributed by atoms with Gasteiger partial charge in [-0.05, 0) is 25.0 Å². The van der Waals surface area contributed by atoms with Gasteiger partial charge in [0.25, 0.3) is 5.91 Å². The summed E-state index contributed by atoms with van der Waals surface area (Å²) in [5.74, 6) is -2.75. The molecule has 0 unspecified atom stereocenters. The molecule has 1 aromatic heterocycles. The summed E-state index contributed by atoms with van der Waals surface area (Å²) < 4.78 is 34.4. The number of aromatic nitrogens is 3. The minimum absolute atomic E-state index is 0.0369. The van der Waals surface area contributed by atoms with E-state index in [9.17, 15) is 13.6 Å². The van der Waals surface area contributed by atoms with Crippen LogP contribution in [0.1, 0.15) is 29.2 Å². The average molecular weight is 322 g/mol. The molecular weight excluding hydrogens is 306 g/mol. The van der Waals surface area contributed by atoms with Crippen molar-refractivity contribution in [3.8, 4) is 5.75 Å². The number of piperidine rings is 1. The van der Waals surface area contributed by atoms with Gasteiger partial charge in [-0.15, -0.1) is 10.2 Å². The smallest absolute Gasteiger partial charge is 0.260 e. The summed E-state index contributed by atoms with van der Waals surface area (Å²) in [5, 5.41) is 7.54. The van der Waals surface area contributed by atoms with Gasteiger partial charge in [-0.25, -0.2) is 8.78 Å². The van der Waals surface area contributed by atoms with Crippen molar-refractivity contribution in [1.29, 1.82) is 0 Å². The first kappa shape index (κ1) is 15.4. The molecule has 6 nitrogen and oxygen atoms in total. The van der Waals surface area contributed by atoms with Crippen LogP contribution in [-0.2, 0) is 0 Å². The van der Waals surface area contributed by atoms with Gasteiger partial charge >= 0.3 is 0 Å². The zero-order valence-electron chi connectivity index (χ0n) is 12.6. The maximum atomic E-state index is 14.0. The summed E-state index contributed by atoms with van der Waals surface area (Å²) >= 11 is 0. The highest BCUT2D eigenvalue weighted by atomic mass is 19.2. The SMILES string of the molecule is COc1ccc(F)c(F)c1C(=O)N1CCC(n2cnnc2)CC1. The number of rotatable bonds is 3. The van der Waals surface area contributed by atoms with Gasteiger partial charge in [0.15, 0.2) is 11.6 Å². The second-order valence-corrected chi connectivity index (χ2v) is 5.37. The molecule has 122 valence electrons. The molecule has 3 rings (SSSR count). The van der Waals surface area contributed by atoms with E-state index in [1.807, 2.05) is 4.57 Å². The molecule has 0 atom stereocenters. The fraction of sp³-hybridized carbons (Fsp3) is 0.400. The van der Waals surface area contributed by atoms with Gasteiger partial charge in [0.2, 0.25) is 0 Å². The summed E-state index contributed by atoms with van der Waals surface area (Å²) in [5.41, 5.74) is -0.352. The lowest BCUT2D eigenvalue weighted by atomic mass is 10.0. The van der Waals surface area contributed by atoms with Crippen LogP contribution in [0.2, 0.25) is 0 Å². The van der Waals surface area contributed by atoms with Crippen LogP contribution in [0.15, 0.2) is 24.8 Å². The molecule has 1 aliphatic rings. The number of hydrogen-bond donors (Lipinski definition) is 0. The van der Waals surface area contributed by atoms with Crippen molar-refractivity contribution in [2.45, 2.75) is 18.9 Å². The summed E-state index contributed by atoms with van der Waals surface area (Å²) in [7, 11) is 1.32. The van der Waals surface area contributed by atoms with Crippen LogP contribution in [0.25, 0.3) is 0 Å². The lowest BCUT2D eigenvalue weighted by Crippen LogP contribution is -2.39. The van der Waals surface area contributed by atoms with E-state index < -0.39 is 17.5 Å². The Labute approximate surface area is 131 Å². The number of benzene rings is 1. The third-order valence-electron chi connectivity index (χ3n) is 4.10. The highest BCUT2D eigenvalue weighted by Gasteiger charge is 2.29. The molecule has 1 amide bonds. The average Bonchev–Trinajstić information content (AvgIpc) is 3.11. The van der Waals surface area contributed by atoms with Crippen molar-refractivity contribution in [3.63, 3.8) is 0 Å². The first-order valence-corrected chi connectivity index (χ1v) is 7.27. The molecule has 0 radical (unpaired) electrons. The van der Waals surface area contributed by atoms with Crippen LogP contribution in [-0.4, -0.2) is 45.8 Å². The quantitative estimate of drug-likeness (QED) is 0.868. The van der Waals surface area contributed by atoms with Gasteiger partial charge in [-0.1, -0.05) is 0 Å². The largest absolute Gasteiger partial charge is 0.496 e. The fourth-order valence-electron chi connectivity index (χ4n) is 2.82. The molecule has 0 spiro atoms. The summed E-state index contributed by atoms with van der Waals surface area (Å²) in [6, 6.07) is 2.41. The molecule has 2 heterocycles. The standard InChI is InChI=1S/C15H16F2N4O2/c1-23-12-3-2-11(16)14(17)13(12)15(22)20-6-4-10(5-7-20)21-8-18-19-9-21/h2-3,8-10H,4-7H2,1H3. The molecule has 8 heteroatoms. The molecular formula is C15H16F2N4O2. The Morgan fingerprint density at radius 3 is 2.48 bits per heavy atom. The molecule has 1 aromatic carbocycles. The third-order valence-corrected chi connectivity index (χ3v) is 4.10. The monoisotopic (exact) mass is 322 g/mol. The fourth-order valence-corrected chi connectivity index (χ4v) is 2.82. The highest BCUT2D eigenvalue weighted by molar-refractivity contribution is 5.97. The van der Waals surface area contributed by atoms with E-state index in [0.717, 1.165) is 6.07 Å². The lowest BCUT2D eigenvalue weighted by Gasteiger charge is -2.32. The van der Waals surface area contributed by atoms with Gasteiger partial charge in [-0.2, -0.15) is 0 Å². The molecule has 23 heavy (non-hydrogen) atoms. The summed E-state index contributed by atoms with van der Waals surface area (Å²) in [6.45, 7) is 0.890. The minimum atomic E-state index is -1.17. The Kier molecular flexibility index (Phi) is 4.22. The van der Waals surface area contributed by atoms with Crippen molar-refractivity contribution in [2.24, 2.45) is 0 Å². The highest BCUT2D eigenvalue weighted by Crippen LogP contribution is 2.28. The van der Waals surface area contributed by atoms with Crippen molar-refractivity contribution >= 4 is 5.91 Å². The number of halogens is 2. The van der Waals surface area contributed by atoms with Crippen molar-refractivity contribution in [1.82, 2.24) is 19.7 Å². The first-order chi connectivity index (χ1) is 11.1. The van der Waals surface area contributed by atoms with Crippen LogP contribution in [0, 0.1) is 11.6 Å². The lowest BCUT2D eigenvalue weighted by molar-refractivity contribution is 0.0685. The van der Waals surface area contributed by atoms with E-state index in [-0.39, 0.29) is 17.4 Å². The van der Waals surface area contributed by atoms with Crippen LogP contribution in [0.3, 0.4) is 0 Å². The maximum Gasteiger partial charge on any atom is 0.260 e. The maximum absolute atomic E-state index is 14.0. The zero-order chi connectivity index (χ0) is 16.4. The molecule has 1 aliphatic heterocycles. The number of hydrogen-bond acceptors (Lipinski definition) is 4. The number of carbonyl (C=O) groups is 1. The van der Waals surface area contributed by atoms with E-state index in [0.29, 0.717) is 25.9 Å². The topological polar surface area (TPSA) is 60.2 Å². The van der Waals surface area contributed by atoms with E-state index in [1.54, 1.807) is 12.7 Å². The van der Waals surface area contributed by atoms with Crippen LogP contribution < -0.4 is 4.74 Å². The van der Waals surface area contributed by atoms with E-state index in [4.69, 9.17) is 4.74 Å². The van der Waals surface area contributed by atoms with Gasteiger partial charge in [0.1, 0.15) is 24.0 Å². The minimum Gasteiger partial charge on any atom is -0.496 e. The van der Waals surface area contributed by atoms with Gasteiger partial charge < -0.3 is 14.2 Å². The normalized spacial score (nSPS) is 15.7. The Morgan fingerprint density at radius 2 is 1.87 bits per heavy atom. The van der Waals surface area contributed by atoms with Crippen LogP contribution in [0.4, 0.5) is 8.78 Å². The van der Waals surface area contributed by atoms with Crippen LogP contribution in [0.5, 0.6) is 5.75 Å². The molecule has 1 saturated heterocycles. The molecule has 0 N–H and O–H groups in total. The van der Waals surface area contributed by atoms with Crippen molar-refractivity contribution in [2.75, 3.05) is 20.2 Å². The van der Waals surface area contributed by atoms with E-state index in [2.05, 4.69) is 10.2 Å². The van der Waals surface area contributed by atoms with E-state index >= 15 is 0 Å². The zero-order valence-corrected chi connectivity index (χ0v) is 12.6. The second kappa shape index (κ2) is 6.31. The Balaban J connectivity index is 1.76. The number of carbonyl (C=O) groups excluding carboxylic acids is 1. The summed E-state index contributed by atoms with van der Waals surface area (Å²) in [4.78, 5) is 14.1. The first-order valence-electron chi connectivity index (χ1n) is 7.27. The number of methoxy groups -OCH3 is 1. The number of likely N-dealkylation sites (tertiary alicyclic amines) is 1. The number of amides is 1. The third kappa shape index (κ3) is 2.88. The molecule has 2 aromatic rings. The molecule has 0 saturated carbocycles. The molecule has 0 bridgehead atoms. The summed E-state index contributed by atoms with van der Waals surface area (Å²) in [6.07, 6.45) is 4.67. The van der Waals surface area contributed by atoms with Gasteiger partial charge in [-0.3, -0.25) is 4.79 Å². The second-order valence-electron chi connectivity index (χ2n) is 5.37. The van der Waals surface area contributed by atoms with Crippen LogP contribution >= 0.6 is 0 Å². The van der Waals surface area contributed by atoms with E-state index in [1.165, 1.54) is 18.1 Å². The molecule has 1 fully saturated rings. The van der Waals surface area contributed by atoms with Gasteiger partial charge in [0.05, 0.1) is 7.11 Å². The van der Waals surface area contributed by atoms with Crippen molar-refractivity contribution < 1.29 is 18.3 Å². The van der Waals surface area contributed by atoms with Gasteiger partial charge in [0, 0.05) is 19.1 Å². The predicted molar refractivity (Wildman–Crippen MR) is 77.1 cm³/mol. The number of ether oxygens (including phenoxy) is 1. The Bertz CT molecular complexity index is 698. The Hall–Kier alpha value is -2.51.